The Morgan fingerprint density at radius 3 is 2.38 bits per heavy atom. The Balaban J connectivity index is 1.59. The number of β-lactam (4-membered cyclic amide) rings is 1. The Bertz CT molecular complexity index is 1570. The van der Waals surface area contributed by atoms with Crippen LogP contribution in [0.1, 0.15) is 27.5 Å². The van der Waals surface area contributed by atoms with Gasteiger partial charge in [-0.1, -0.05) is 30.3 Å². The molecule has 0 aliphatic carbocycles. The molecule has 37 heavy (non-hydrogen) atoms. The Kier molecular flexibility index (Phi) is 6.51. The van der Waals surface area contributed by atoms with E-state index < -0.39 is 69.4 Å². The van der Waals surface area contributed by atoms with Gasteiger partial charge >= 0.3 is 16.5 Å². The lowest BCUT2D eigenvalue weighted by Crippen LogP contribution is -2.66. The van der Waals surface area contributed by atoms with E-state index in [1.54, 1.807) is 18.2 Å². The van der Waals surface area contributed by atoms with Crippen molar-refractivity contribution in [2.75, 3.05) is 6.54 Å². The van der Waals surface area contributed by atoms with Crippen LogP contribution >= 0.6 is 0 Å². The highest BCUT2D eigenvalue weighted by molar-refractivity contribution is 7.84. The third-order valence-electron chi connectivity index (χ3n) is 5.61. The second kappa shape index (κ2) is 9.33. The van der Waals surface area contributed by atoms with Gasteiger partial charge in [-0.2, -0.15) is 21.6 Å². The number of hydrogen-bond donors (Lipinski definition) is 4. The van der Waals surface area contributed by atoms with Crippen molar-refractivity contribution in [3.05, 3.63) is 81.6 Å². The van der Waals surface area contributed by atoms with E-state index in [2.05, 4.69) is 15.6 Å². The fourth-order valence-corrected chi connectivity index (χ4v) is 4.38. The second-order valence-corrected chi connectivity index (χ2v) is 9.35. The van der Waals surface area contributed by atoms with Crippen LogP contribution in [0.3, 0.4) is 0 Å². The molecule has 15 heteroatoms. The van der Waals surface area contributed by atoms with Crippen LogP contribution in [0, 0.1) is 0 Å². The first-order chi connectivity index (χ1) is 17.3. The maximum absolute atomic E-state index is 13.0. The molecule has 1 aliphatic rings. The van der Waals surface area contributed by atoms with Gasteiger partial charge in [0.15, 0.2) is 0 Å². The molecular weight excluding hydrogens is 521 g/mol. The molecule has 194 valence electrons. The van der Waals surface area contributed by atoms with E-state index >= 15 is 0 Å². The van der Waals surface area contributed by atoms with Crippen LogP contribution in [0.25, 0.3) is 10.9 Å². The predicted molar refractivity (Wildman–Crippen MR) is 121 cm³/mol. The molecule has 0 saturated carbocycles. The number of nitrogens with zero attached hydrogens (tertiary/aromatic N) is 1. The number of hydrogen-bond acceptors (Lipinski definition) is 6. The minimum Gasteiger partial charge on any atom is -0.360 e. The lowest BCUT2D eigenvalue weighted by atomic mass is 10.0. The SMILES string of the molecule is O=C(NC(C(=O)NC1CN(S(=O)(=O)O)C1=O)c1ccccc1)c1c[nH]c2cc(C(F)(F)F)ccc2c1=O. The van der Waals surface area contributed by atoms with Gasteiger partial charge in [-0.3, -0.25) is 23.7 Å². The highest BCUT2D eigenvalue weighted by atomic mass is 32.2. The maximum atomic E-state index is 13.0. The van der Waals surface area contributed by atoms with Gasteiger partial charge in [0.05, 0.1) is 12.1 Å². The lowest BCUT2D eigenvalue weighted by Gasteiger charge is -2.36. The normalized spacial score (nSPS) is 16.7. The van der Waals surface area contributed by atoms with Crippen LogP contribution in [0.2, 0.25) is 0 Å². The van der Waals surface area contributed by atoms with Gasteiger partial charge in [0.25, 0.3) is 11.8 Å². The van der Waals surface area contributed by atoms with Gasteiger partial charge in [0.2, 0.25) is 11.3 Å². The summed E-state index contributed by atoms with van der Waals surface area (Å²) in [6, 6.07) is 7.31. The van der Waals surface area contributed by atoms with Gasteiger partial charge in [0, 0.05) is 17.1 Å². The number of fused-ring (bicyclic) bond motifs is 1. The number of aromatic nitrogens is 1. The van der Waals surface area contributed by atoms with E-state index in [9.17, 15) is 40.8 Å². The number of amides is 3. The van der Waals surface area contributed by atoms with Crippen molar-refractivity contribution < 1.29 is 40.5 Å². The molecule has 2 aromatic carbocycles. The van der Waals surface area contributed by atoms with Crippen LogP contribution < -0.4 is 16.1 Å². The summed E-state index contributed by atoms with van der Waals surface area (Å²) in [5.41, 5.74) is -2.27. The molecule has 1 aromatic heterocycles. The van der Waals surface area contributed by atoms with Crippen molar-refractivity contribution in [1.29, 1.82) is 0 Å². The number of halogens is 3. The molecule has 11 nitrogen and oxygen atoms in total. The number of benzene rings is 2. The molecule has 4 N–H and O–H groups in total. The minimum absolute atomic E-state index is 0.146. The summed E-state index contributed by atoms with van der Waals surface area (Å²) < 4.78 is 70.2. The molecule has 0 radical (unpaired) electrons. The number of pyridine rings is 1. The molecule has 4 rings (SSSR count). The summed E-state index contributed by atoms with van der Waals surface area (Å²) in [6.07, 6.45) is -3.73. The van der Waals surface area contributed by atoms with Crippen LogP contribution in [0.5, 0.6) is 0 Å². The summed E-state index contributed by atoms with van der Waals surface area (Å²) in [7, 11) is -4.78. The third kappa shape index (κ3) is 5.17. The fourth-order valence-electron chi connectivity index (χ4n) is 3.69. The molecule has 1 aliphatic heterocycles. The number of aromatic amines is 1. The molecule has 3 amide bonds. The Morgan fingerprint density at radius 2 is 1.78 bits per heavy atom. The predicted octanol–water partition coefficient (Wildman–Crippen LogP) is 1.15. The quantitative estimate of drug-likeness (QED) is 0.270. The fraction of sp³-hybridized carbons (Fsp3) is 0.182. The van der Waals surface area contributed by atoms with Crippen molar-refractivity contribution in [1.82, 2.24) is 19.9 Å². The molecular formula is C22H17F3N4O7S. The van der Waals surface area contributed by atoms with Crippen molar-refractivity contribution >= 4 is 38.9 Å². The molecule has 3 aromatic rings. The number of rotatable bonds is 6. The number of carbonyl (C=O) groups excluding carboxylic acids is 3. The lowest BCUT2D eigenvalue weighted by molar-refractivity contribution is -0.141. The monoisotopic (exact) mass is 538 g/mol. The van der Waals surface area contributed by atoms with Gasteiger partial charge in [0.1, 0.15) is 17.6 Å². The van der Waals surface area contributed by atoms with E-state index in [-0.39, 0.29) is 20.8 Å². The first-order valence-corrected chi connectivity index (χ1v) is 11.8. The van der Waals surface area contributed by atoms with E-state index in [0.29, 0.717) is 6.07 Å². The summed E-state index contributed by atoms with van der Waals surface area (Å²) in [5.74, 6) is -3.04. The van der Waals surface area contributed by atoms with E-state index in [0.717, 1.165) is 18.3 Å². The second-order valence-electron chi connectivity index (χ2n) is 8.02. The molecule has 2 unspecified atom stereocenters. The summed E-state index contributed by atoms with van der Waals surface area (Å²) in [6.45, 7) is -0.525. The zero-order chi connectivity index (χ0) is 27.1. The van der Waals surface area contributed by atoms with Gasteiger partial charge in [-0.15, -0.1) is 0 Å². The van der Waals surface area contributed by atoms with E-state index in [4.69, 9.17) is 4.55 Å². The molecule has 2 heterocycles. The topological polar surface area (TPSA) is 166 Å². The first kappa shape index (κ1) is 25.8. The van der Waals surface area contributed by atoms with Crippen LogP contribution in [-0.2, 0) is 26.1 Å². The minimum atomic E-state index is -4.78. The highest BCUT2D eigenvalue weighted by Crippen LogP contribution is 2.30. The first-order valence-electron chi connectivity index (χ1n) is 10.4. The van der Waals surface area contributed by atoms with Crippen LogP contribution in [0.4, 0.5) is 13.2 Å². The van der Waals surface area contributed by atoms with E-state index in [1.165, 1.54) is 12.1 Å². The number of carbonyl (C=O) groups is 3. The summed E-state index contributed by atoms with van der Waals surface area (Å²) in [4.78, 5) is 53.2. The molecule has 1 saturated heterocycles. The smallest absolute Gasteiger partial charge is 0.360 e. The van der Waals surface area contributed by atoms with Crippen molar-refractivity contribution in [3.63, 3.8) is 0 Å². The zero-order valence-corrected chi connectivity index (χ0v) is 19.3. The van der Waals surface area contributed by atoms with E-state index in [1.807, 2.05) is 0 Å². The van der Waals surface area contributed by atoms with Gasteiger partial charge in [-0.25, -0.2) is 4.31 Å². The van der Waals surface area contributed by atoms with Gasteiger partial charge < -0.3 is 15.6 Å². The van der Waals surface area contributed by atoms with Crippen LogP contribution in [0.15, 0.2) is 59.5 Å². The molecule has 0 spiro atoms. The molecule has 1 fully saturated rings. The van der Waals surface area contributed by atoms with Crippen molar-refractivity contribution in [2.45, 2.75) is 18.3 Å². The van der Waals surface area contributed by atoms with Gasteiger partial charge in [-0.05, 0) is 23.8 Å². The number of alkyl halides is 3. The Labute approximate surface area is 206 Å². The number of nitrogens with one attached hydrogen (secondary N) is 3. The Hall–Kier alpha value is -4.24. The van der Waals surface area contributed by atoms with Crippen molar-refractivity contribution in [2.24, 2.45) is 0 Å². The highest BCUT2D eigenvalue weighted by Gasteiger charge is 2.45. The maximum Gasteiger partial charge on any atom is 0.416 e. The summed E-state index contributed by atoms with van der Waals surface area (Å²) >= 11 is 0. The average molecular weight is 538 g/mol. The summed E-state index contributed by atoms with van der Waals surface area (Å²) in [5, 5.41) is 4.44. The standard InChI is InChI=1S/C22H17F3N4O7S/c23-22(24,25)12-6-7-13-15(8-12)26-9-14(18(13)30)19(31)28-17(11-4-2-1-3-5-11)20(32)27-16-10-29(21(16)33)37(34,35)36/h1-9,16-17H,10H2,(H,26,30)(H,27,32)(H,28,31)(H,34,35,36). The largest absolute Gasteiger partial charge is 0.416 e. The third-order valence-corrected chi connectivity index (χ3v) is 6.50. The van der Waals surface area contributed by atoms with Crippen LogP contribution in [-0.4, -0.2) is 52.6 Å². The average Bonchev–Trinajstić information content (AvgIpc) is 2.83. The van der Waals surface area contributed by atoms with Crippen molar-refractivity contribution in [3.8, 4) is 0 Å². The zero-order valence-electron chi connectivity index (χ0n) is 18.4. The molecule has 2 atom stereocenters. The Morgan fingerprint density at radius 1 is 1.11 bits per heavy atom. The number of H-pyrrole nitrogens is 1. The molecule has 0 bridgehead atoms.